The van der Waals surface area contributed by atoms with Crippen LogP contribution in [0, 0.1) is 10.1 Å². The fourth-order valence-electron chi connectivity index (χ4n) is 1.96. The summed E-state index contributed by atoms with van der Waals surface area (Å²) >= 11 is 5.94. The lowest BCUT2D eigenvalue weighted by atomic mass is 9.91. The second kappa shape index (κ2) is 5.65. The van der Waals surface area contributed by atoms with Crippen molar-refractivity contribution in [2.45, 2.75) is 5.92 Å². The molecule has 0 fully saturated rings. The van der Waals surface area contributed by atoms with Crippen molar-refractivity contribution in [1.82, 2.24) is 0 Å². The predicted molar refractivity (Wildman–Crippen MR) is 71.6 cm³/mol. The Hall–Kier alpha value is -1.87. The third-order valence-corrected chi connectivity index (χ3v) is 3.02. The van der Waals surface area contributed by atoms with Crippen LogP contribution < -0.4 is 0 Å². The number of nitrogens with zero attached hydrogens (tertiary/aromatic N) is 1. The summed E-state index contributed by atoms with van der Waals surface area (Å²) in [6.07, 6.45) is 0. The minimum absolute atomic E-state index is 0.135. The predicted octanol–water partition coefficient (Wildman–Crippen LogP) is 3.75. The van der Waals surface area contributed by atoms with Gasteiger partial charge in [-0.3, -0.25) is 10.1 Å². The fraction of sp³-hybridized carbons (Fsp3) is 0.143. The van der Waals surface area contributed by atoms with E-state index in [0.29, 0.717) is 5.02 Å². The van der Waals surface area contributed by atoms with Crippen molar-refractivity contribution in [1.29, 1.82) is 0 Å². The second-order valence-electron chi connectivity index (χ2n) is 4.03. The molecule has 0 aliphatic heterocycles. The van der Waals surface area contributed by atoms with E-state index in [-0.39, 0.29) is 17.4 Å². The molecule has 18 heavy (non-hydrogen) atoms. The lowest BCUT2D eigenvalue weighted by molar-refractivity contribution is -0.481. The monoisotopic (exact) mass is 261 g/mol. The molecule has 92 valence electrons. The molecule has 0 heterocycles. The molecule has 2 rings (SSSR count). The highest BCUT2D eigenvalue weighted by atomic mass is 35.5. The van der Waals surface area contributed by atoms with Crippen LogP contribution in [-0.4, -0.2) is 11.5 Å². The lowest BCUT2D eigenvalue weighted by Crippen LogP contribution is -2.13. The van der Waals surface area contributed by atoms with Crippen LogP contribution in [0.4, 0.5) is 0 Å². The van der Waals surface area contributed by atoms with Crippen LogP contribution in [0.2, 0.25) is 5.02 Å². The molecule has 1 atom stereocenters. The molecular weight excluding hydrogens is 250 g/mol. The van der Waals surface area contributed by atoms with E-state index in [9.17, 15) is 10.1 Å². The van der Waals surface area contributed by atoms with Crippen LogP contribution >= 0.6 is 11.6 Å². The largest absolute Gasteiger partial charge is 0.265 e. The summed E-state index contributed by atoms with van der Waals surface area (Å²) in [5.74, 6) is -0.264. The van der Waals surface area contributed by atoms with Gasteiger partial charge in [0.25, 0.3) is 0 Å². The van der Waals surface area contributed by atoms with Crippen LogP contribution in [0.3, 0.4) is 0 Å². The number of halogens is 1. The van der Waals surface area contributed by atoms with Crippen molar-refractivity contribution in [3.05, 3.63) is 80.9 Å². The number of hydrogen-bond acceptors (Lipinski definition) is 2. The highest BCUT2D eigenvalue weighted by Gasteiger charge is 2.19. The Balaban J connectivity index is 2.40. The molecule has 4 heteroatoms. The zero-order valence-corrected chi connectivity index (χ0v) is 10.4. The maximum absolute atomic E-state index is 10.8. The first-order valence-electron chi connectivity index (χ1n) is 5.59. The van der Waals surface area contributed by atoms with Crippen LogP contribution in [0.1, 0.15) is 17.0 Å². The Morgan fingerprint density at radius 3 is 2.33 bits per heavy atom. The van der Waals surface area contributed by atoms with Crippen molar-refractivity contribution in [2.24, 2.45) is 0 Å². The van der Waals surface area contributed by atoms with Gasteiger partial charge < -0.3 is 0 Å². The molecule has 2 aromatic rings. The van der Waals surface area contributed by atoms with Gasteiger partial charge in [0.05, 0.1) is 5.92 Å². The van der Waals surface area contributed by atoms with Crippen molar-refractivity contribution in [3.63, 3.8) is 0 Å². The van der Waals surface area contributed by atoms with Gasteiger partial charge in [-0.2, -0.15) is 0 Å². The third kappa shape index (κ3) is 3.08. The SMILES string of the molecule is O=[N+]([O-])C[C@H](c1ccccc1)c1cccc(Cl)c1. The van der Waals surface area contributed by atoms with Gasteiger partial charge in [0.15, 0.2) is 0 Å². The molecule has 0 radical (unpaired) electrons. The van der Waals surface area contributed by atoms with Gasteiger partial charge in [0.1, 0.15) is 0 Å². The summed E-state index contributed by atoms with van der Waals surface area (Å²) in [5.41, 5.74) is 1.79. The molecule has 0 saturated heterocycles. The molecular formula is C14H12ClNO2. The van der Waals surface area contributed by atoms with Gasteiger partial charge in [-0.1, -0.05) is 54.1 Å². The fourth-order valence-corrected chi connectivity index (χ4v) is 2.16. The molecule has 3 nitrogen and oxygen atoms in total. The normalized spacial score (nSPS) is 12.1. The van der Waals surface area contributed by atoms with Crippen molar-refractivity contribution >= 4 is 11.6 Å². The van der Waals surface area contributed by atoms with E-state index >= 15 is 0 Å². The standard InChI is InChI=1S/C14H12ClNO2/c15-13-8-4-7-12(9-13)14(10-16(17)18)11-5-2-1-3-6-11/h1-9,14H,10H2/t14-/m1/s1. The molecule has 0 unspecified atom stereocenters. The first kappa shape index (κ1) is 12.6. The maximum Gasteiger partial charge on any atom is 0.214 e. The number of benzene rings is 2. The molecule has 0 aromatic heterocycles. The minimum Gasteiger partial charge on any atom is -0.265 e. The number of nitro groups is 1. The van der Waals surface area contributed by atoms with Gasteiger partial charge in [-0.05, 0) is 23.3 Å². The zero-order valence-electron chi connectivity index (χ0n) is 9.62. The summed E-state index contributed by atoms with van der Waals surface area (Å²) in [4.78, 5) is 10.5. The quantitative estimate of drug-likeness (QED) is 0.621. The molecule has 0 aliphatic carbocycles. The van der Waals surface area contributed by atoms with Gasteiger partial charge in [-0.25, -0.2) is 0 Å². The topological polar surface area (TPSA) is 43.1 Å². The Labute approximate surface area is 110 Å². The van der Waals surface area contributed by atoms with E-state index in [1.165, 1.54) is 0 Å². The Morgan fingerprint density at radius 2 is 1.72 bits per heavy atom. The third-order valence-electron chi connectivity index (χ3n) is 2.78. The summed E-state index contributed by atoms with van der Waals surface area (Å²) in [6.45, 7) is -0.135. The summed E-state index contributed by atoms with van der Waals surface area (Å²) < 4.78 is 0. The first-order chi connectivity index (χ1) is 8.66. The number of hydrogen-bond donors (Lipinski definition) is 0. The Bertz CT molecular complexity index is 543. The van der Waals surface area contributed by atoms with Gasteiger partial charge in [-0.15, -0.1) is 0 Å². The van der Waals surface area contributed by atoms with Crippen molar-refractivity contribution in [2.75, 3.05) is 6.54 Å². The van der Waals surface area contributed by atoms with Gasteiger partial charge in [0, 0.05) is 9.95 Å². The second-order valence-corrected chi connectivity index (χ2v) is 4.47. The van der Waals surface area contributed by atoms with Crippen LogP contribution in [-0.2, 0) is 0 Å². The zero-order chi connectivity index (χ0) is 13.0. The Morgan fingerprint density at radius 1 is 1.06 bits per heavy atom. The van der Waals surface area contributed by atoms with E-state index in [2.05, 4.69) is 0 Å². The highest BCUT2D eigenvalue weighted by molar-refractivity contribution is 6.30. The average molecular weight is 262 g/mol. The Kier molecular flexibility index (Phi) is 3.95. The van der Waals surface area contributed by atoms with Gasteiger partial charge in [0.2, 0.25) is 6.54 Å². The summed E-state index contributed by atoms with van der Waals surface area (Å²) in [7, 11) is 0. The van der Waals surface area contributed by atoms with E-state index in [4.69, 9.17) is 11.6 Å². The average Bonchev–Trinajstić information content (AvgIpc) is 2.37. The first-order valence-corrected chi connectivity index (χ1v) is 5.97. The van der Waals surface area contributed by atoms with Crippen molar-refractivity contribution in [3.8, 4) is 0 Å². The number of rotatable bonds is 4. The van der Waals surface area contributed by atoms with E-state index < -0.39 is 0 Å². The molecule has 0 aliphatic rings. The van der Waals surface area contributed by atoms with E-state index in [0.717, 1.165) is 11.1 Å². The minimum atomic E-state index is -0.293. The van der Waals surface area contributed by atoms with Crippen LogP contribution in [0.25, 0.3) is 0 Å². The smallest absolute Gasteiger partial charge is 0.214 e. The van der Waals surface area contributed by atoms with E-state index in [1.54, 1.807) is 12.1 Å². The maximum atomic E-state index is 10.8. The molecule has 0 bridgehead atoms. The highest BCUT2D eigenvalue weighted by Crippen LogP contribution is 2.26. The molecule has 0 N–H and O–H groups in total. The van der Waals surface area contributed by atoms with Gasteiger partial charge >= 0.3 is 0 Å². The van der Waals surface area contributed by atoms with Crippen LogP contribution in [0.15, 0.2) is 54.6 Å². The van der Waals surface area contributed by atoms with E-state index in [1.807, 2.05) is 42.5 Å². The lowest BCUT2D eigenvalue weighted by Gasteiger charge is -2.14. The van der Waals surface area contributed by atoms with Crippen LogP contribution in [0.5, 0.6) is 0 Å². The summed E-state index contributed by atoms with van der Waals surface area (Å²) in [5, 5.41) is 11.4. The van der Waals surface area contributed by atoms with Crippen molar-refractivity contribution < 1.29 is 4.92 Å². The summed E-state index contributed by atoms with van der Waals surface area (Å²) in [6, 6.07) is 16.7. The molecule has 0 spiro atoms. The molecule has 2 aromatic carbocycles. The molecule has 0 amide bonds. The molecule has 0 saturated carbocycles.